The molecule has 0 aromatic heterocycles. The van der Waals surface area contributed by atoms with Gasteiger partial charge in [-0.05, 0) is 23.1 Å². The Hall–Kier alpha value is 0.175. The first-order valence-corrected chi connectivity index (χ1v) is 8.16. The van der Waals surface area contributed by atoms with Crippen molar-refractivity contribution in [3.63, 3.8) is 0 Å². The van der Waals surface area contributed by atoms with Crippen molar-refractivity contribution in [1.29, 1.82) is 0 Å². The third-order valence-electron chi connectivity index (χ3n) is 4.22. The van der Waals surface area contributed by atoms with Crippen LogP contribution >= 0.6 is 7.82 Å². The van der Waals surface area contributed by atoms with E-state index >= 15 is 0 Å². The van der Waals surface area contributed by atoms with Crippen LogP contribution in [0.3, 0.4) is 0 Å². The van der Waals surface area contributed by atoms with E-state index in [4.69, 9.17) is 14.2 Å². The van der Waals surface area contributed by atoms with Gasteiger partial charge in [-0.2, -0.15) is 0 Å². The first-order chi connectivity index (χ1) is 7.93. The minimum absolute atomic E-state index is 0.0155. The van der Waals surface area contributed by atoms with Crippen LogP contribution in [0.25, 0.3) is 0 Å². The fraction of sp³-hybridized carbons (Fsp3) is 1.00. The van der Waals surface area contributed by atoms with Crippen LogP contribution in [0.4, 0.5) is 0 Å². The Morgan fingerprint density at radius 3 is 2.00 bits per heavy atom. The van der Waals surface area contributed by atoms with Crippen molar-refractivity contribution in [1.82, 2.24) is 0 Å². The zero-order valence-corrected chi connectivity index (χ0v) is 13.5. The highest BCUT2D eigenvalue weighted by Gasteiger charge is 2.35. The van der Waals surface area contributed by atoms with Gasteiger partial charge in [0.1, 0.15) is 0 Å². The lowest BCUT2D eigenvalue weighted by atomic mass is 9.57. The van der Waals surface area contributed by atoms with Crippen LogP contribution in [-0.2, 0) is 9.01 Å². The quantitative estimate of drug-likeness (QED) is 0.526. The van der Waals surface area contributed by atoms with Crippen molar-refractivity contribution < 1.29 is 18.8 Å². The summed E-state index contributed by atoms with van der Waals surface area (Å²) in [4.78, 5) is 17.7. The van der Waals surface area contributed by atoms with Crippen LogP contribution in [0.2, 0.25) is 5.82 Å². The van der Waals surface area contributed by atoms with E-state index in [-0.39, 0.29) is 24.1 Å². The molecule has 0 aromatic rings. The maximum atomic E-state index is 10.9. The molecule has 0 aliphatic rings. The topological polar surface area (TPSA) is 66.8 Å². The fourth-order valence-electron chi connectivity index (χ4n) is 1.85. The molecule has 0 aliphatic carbocycles. The molecule has 4 nitrogen and oxygen atoms in total. The van der Waals surface area contributed by atoms with Crippen LogP contribution in [-0.4, -0.2) is 17.3 Å². The van der Waals surface area contributed by atoms with Crippen molar-refractivity contribution in [3.8, 4) is 0 Å². The van der Waals surface area contributed by atoms with Gasteiger partial charge in [-0.3, -0.25) is 0 Å². The Morgan fingerprint density at radius 1 is 1.17 bits per heavy atom. The molecule has 1 unspecified atom stereocenters. The van der Waals surface area contributed by atoms with E-state index in [1.165, 1.54) is 0 Å². The van der Waals surface area contributed by atoms with Crippen LogP contribution in [0.1, 0.15) is 60.8 Å². The minimum Gasteiger partial charge on any atom is -0.353 e. The molecule has 0 aliphatic heterocycles. The standard InChI is InChI=1S/C12H28BO4P/c1-7-11(3,4)9-10(12(5,6)8-2)13-17-18(14,15)16/h10,13H,7-9H2,1-6H3,(H2,14,15,16). The molecule has 0 saturated heterocycles. The van der Waals surface area contributed by atoms with Gasteiger partial charge >= 0.3 is 7.82 Å². The molecule has 0 fully saturated rings. The summed E-state index contributed by atoms with van der Waals surface area (Å²) in [5, 5.41) is 0. The van der Waals surface area contributed by atoms with E-state index < -0.39 is 7.82 Å². The van der Waals surface area contributed by atoms with Gasteiger partial charge in [-0.15, -0.1) is 0 Å². The van der Waals surface area contributed by atoms with E-state index in [2.05, 4.69) is 41.5 Å². The number of rotatable bonds is 8. The molecule has 0 spiro atoms. The summed E-state index contributed by atoms with van der Waals surface area (Å²) >= 11 is 0. The lowest BCUT2D eigenvalue weighted by Crippen LogP contribution is -2.29. The van der Waals surface area contributed by atoms with Crippen LogP contribution in [0.5, 0.6) is 0 Å². The summed E-state index contributed by atoms with van der Waals surface area (Å²) in [7, 11) is -4.25. The van der Waals surface area contributed by atoms with Gasteiger partial charge in [0.05, 0.1) is 0 Å². The monoisotopic (exact) mass is 278 g/mol. The lowest BCUT2D eigenvalue weighted by molar-refractivity contribution is 0.213. The molecule has 6 heteroatoms. The predicted molar refractivity (Wildman–Crippen MR) is 76.8 cm³/mol. The zero-order valence-electron chi connectivity index (χ0n) is 12.6. The van der Waals surface area contributed by atoms with Crippen LogP contribution in [0, 0.1) is 10.8 Å². The SMILES string of the molecule is CCC(C)(C)CC(BOP(=O)(O)O)C(C)(C)CC. The molecule has 1 atom stereocenters. The van der Waals surface area contributed by atoms with Gasteiger partial charge in [0.25, 0.3) is 7.48 Å². The van der Waals surface area contributed by atoms with E-state index in [0.29, 0.717) is 0 Å². The molecule has 0 bridgehead atoms. The average Bonchev–Trinajstić information content (AvgIpc) is 2.22. The first kappa shape index (κ1) is 18.2. The second kappa shape index (κ2) is 6.56. The van der Waals surface area contributed by atoms with Crippen molar-refractivity contribution in [2.75, 3.05) is 0 Å². The van der Waals surface area contributed by atoms with Crippen LogP contribution < -0.4 is 0 Å². The molecule has 0 heterocycles. The predicted octanol–water partition coefficient (Wildman–Crippen LogP) is 3.50. The molecule has 0 amide bonds. The van der Waals surface area contributed by atoms with Gasteiger partial charge in [-0.25, -0.2) is 4.57 Å². The Morgan fingerprint density at radius 2 is 1.67 bits per heavy atom. The Balaban J connectivity index is 4.80. The Labute approximate surface area is 112 Å². The minimum atomic E-state index is -4.37. The van der Waals surface area contributed by atoms with E-state index in [9.17, 15) is 4.57 Å². The number of hydrogen-bond acceptors (Lipinski definition) is 2. The molecule has 0 rings (SSSR count). The average molecular weight is 278 g/mol. The maximum absolute atomic E-state index is 10.9. The van der Waals surface area contributed by atoms with Gasteiger partial charge in [-0.1, -0.05) is 54.4 Å². The maximum Gasteiger partial charge on any atom is 0.455 e. The second-order valence-electron chi connectivity index (χ2n) is 6.55. The normalized spacial score (nSPS) is 15.6. The van der Waals surface area contributed by atoms with Gasteiger partial charge in [0.15, 0.2) is 0 Å². The van der Waals surface area contributed by atoms with E-state index in [0.717, 1.165) is 19.3 Å². The Bertz CT molecular complexity index is 298. The molecule has 2 N–H and O–H groups in total. The summed E-state index contributed by atoms with van der Waals surface area (Å²) in [6.07, 6.45) is 2.91. The highest BCUT2D eigenvalue weighted by Crippen LogP contribution is 2.46. The molecule has 0 radical (unpaired) electrons. The third kappa shape index (κ3) is 6.94. The van der Waals surface area contributed by atoms with E-state index in [1.807, 2.05) is 0 Å². The third-order valence-corrected chi connectivity index (χ3v) is 4.70. The zero-order chi connectivity index (χ0) is 14.6. The summed E-state index contributed by atoms with van der Waals surface area (Å²) in [5.41, 5.74) is 0.178. The highest BCUT2D eigenvalue weighted by molar-refractivity contribution is 7.47. The van der Waals surface area contributed by atoms with Crippen LogP contribution in [0.15, 0.2) is 0 Å². The number of hydrogen-bond donors (Lipinski definition) is 2. The molecule has 0 saturated carbocycles. The summed E-state index contributed by atoms with van der Waals surface area (Å²) in [6.45, 7) is 12.9. The Kier molecular flexibility index (Phi) is 6.62. The smallest absolute Gasteiger partial charge is 0.353 e. The van der Waals surface area contributed by atoms with Crippen molar-refractivity contribution >= 4 is 15.3 Å². The summed E-state index contributed by atoms with van der Waals surface area (Å²) < 4.78 is 15.6. The lowest BCUT2D eigenvalue weighted by Gasteiger charge is -2.38. The first-order valence-electron chi connectivity index (χ1n) is 6.63. The van der Waals surface area contributed by atoms with Gasteiger partial charge in [0, 0.05) is 0 Å². The summed E-state index contributed by atoms with van der Waals surface area (Å²) in [6, 6.07) is 0. The molecule has 0 aromatic carbocycles. The molecular weight excluding hydrogens is 250 g/mol. The largest absolute Gasteiger partial charge is 0.455 e. The van der Waals surface area contributed by atoms with Crippen molar-refractivity contribution in [2.24, 2.45) is 10.8 Å². The molecule has 18 heavy (non-hydrogen) atoms. The van der Waals surface area contributed by atoms with Crippen molar-refractivity contribution in [3.05, 3.63) is 0 Å². The van der Waals surface area contributed by atoms with Crippen molar-refractivity contribution in [2.45, 2.75) is 66.6 Å². The second-order valence-corrected chi connectivity index (χ2v) is 7.79. The number of phosphoric acid groups is 1. The summed E-state index contributed by atoms with van der Waals surface area (Å²) in [5.74, 6) is 0.144. The van der Waals surface area contributed by atoms with E-state index in [1.54, 1.807) is 0 Å². The molecule has 108 valence electrons. The van der Waals surface area contributed by atoms with Gasteiger partial charge in [0.2, 0.25) is 0 Å². The highest BCUT2D eigenvalue weighted by atomic mass is 31.2. The molecular formula is C12H28BO4P. The van der Waals surface area contributed by atoms with Gasteiger partial charge < -0.3 is 14.2 Å². The fourth-order valence-corrected chi connectivity index (χ4v) is 2.22.